The van der Waals surface area contributed by atoms with Crippen LogP contribution in [0.1, 0.15) is 16.7 Å². The normalized spacial score (nSPS) is 10.4. The van der Waals surface area contributed by atoms with Gasteiger partial charge < -0.3 is 5.32 Å². The molecule has 0 atom stereocenters. The second kappa shape index (κ2) is 5.64. The molecule has 0 radical (unpaired) electrons. The molecule has 0 aliphatic carbocycles. The Labute approximate surface area is 118 Å². The molecule has 2 rings (SSSR count). The summed E-state index contributed by atoms with van der Waals surface area (Å²) in [4.78, 5) is 0. The van der Waals surface area contributed by atoms with Gasteiger partial charge in [-0.2, -0.15) is 0 Å². The van der Waals surface area contributed by atoms with Crippen LogP contribution in [0.3, 0.4) is 0 Å². The Bertz CT molecular complexity index is 564. The monoisotopic (exact) mass is 279 g/mol. The average molecular weight is 280 g/mol. The second-order valence-electron chi connectivity index (χ2n) is 4.42. The number of aryl methyl sites for hydroxylation is 2. The van der Waals surface area contributed by atoms with E-state index in [2.05, 4.69) is 37.4 Å². The summed E-state index contributed by atoms with van der Waals surface area (Å²) in [5, 5.41) is 4.60. The molecule has 3 heteroatoms. The highest BCUT2D eigenvalue weighted by Gasteiger charge is 2.01. The van der Waals surface area contributed by atoms with Crippen LogP contribution in [0.5, 0.6) is 0 Å². The molecule has 0 saturated carbocycles. The van der Waals surface area contributed by atoms with Crippen molar-refractivity contribution in [3.63, 3.8) is 0 Å². The summed E-state index contributed by atoms with van der Waals surface area (Å²) < 4.78 is 0. The Morgan fingerprint density at radius 3 is 2.44 bits per heavy atom. The van der Waals surface area contributed by atoms with E-state index in [0.29, 0.717) is 10.0 Å². The second-order valence-corrected chi connectivity index (χ2v) is 5.23. The zero-order chi connectivity index (χ0) is 13.1. The molecule has 0 saturated heterocycles. The molecular formula is C15H15Cl2N. The van der Waals surface area contributed by atoms with Gasteiger partial charge >= 0.3 is 0 Å². The summed E-state index contributed by atoms with van der Waals surface area (Å²) in [6, 6.07) is 12.1. The zero-order valence-corrected chi connectivity index (χ0v) is 11.9. The summed E-state index contributed by atoms with van der Waals surface area (Å²) in [5.74, 6) is 0. The first-order valence-corrected chi connectivity index (χ1v) is 6.57. The number of hydrogen-bond acceptors (Lipinski definition) is 1. The lowest BCUT2D eigenvalue weighted by Crippen LogP contribution is -2.01. The fourth-order valence-electron chi connectivity index (χ4n) is 1.77. The van der Waals surface area contributed by atoms with Crippen molar-refractivity contribution in [3.8, 4) is 0 Å². The lowest BCUT2D eigenvalue weighted by Gasteiger charge is -2.11. The molecule has 2 aromatic rings. The van der Waals surface area contributed by atoms with E-state index in [9.17, 15) is 0 Å². The first kappa shape index (κ1) is 13.3. The Morgan fingerprint density at radius 1 is 0.944 bits per heavy atom. The molecule has 0 aliphatic rings. The third-order valence-electron chi connectivity index (χ3n) is 2.86. The number of nitrogens with one attached hydrogen (secondary N) is 1. The number of benzene rings is 2. The topological polar surface area (TPSA) is 12.0 Å². The first-order chi connectivity index (χ1) is 8.56. The maximum Gasteiger partial charge on any atom is 0.0595 e. The van der Waals surface area contributed by atoms with Gasteiger partial charge in [0.25, 0.3) is 0 Å². The SMILES string of the molecule is Cc1ccc(C)c(NCc2ccc(Cl)c(Cl)c2)c1. The van der Waals surface area contributed by atoms with E-state index in [4.69, 9.17) is 23.2 Å². The van der Waals surface area contributed by atoms with E-state index in [1.54, 1.807) is 0 Å². The van der Waals surface area contributed by atoms with Gasteiger partial charge in [-0.05, 0) is 48.7 Å². The molecule has 18 heavy (non-hydrogen) atoms. The molecule has 0 unspecified atom stereocenters. The summed E-state index contributed by atoms with van der Waals surface area (Å²) in [7, 11) is 0. The number of halogens is 2. The molecule has 1 nitrogen and oxygen atoms in total. The van der Waals surface area contributed by atoms with Crippen molar-refractivity contribution in [2.24, 2.45) is 0 Å². The van der Waals surface area contributed by atoms with Crippen LogP contribution in [0.15, 0.2) is 36.4 Å². The summed E-state index contributed by atoms with van der Waals surface area (Å²) in [6.07, 6.45) is 0. The number of anilines is 1. The van der Waals surface area contributed by atoms with Crippen LogP contribution in [0.4, 0.5) is 5.69 Å². The fourth-order valence-corrected chi connectivity index (χ4v) is 2.09. The summed E-state index contributed by atoms with van der Waals surface area (Å²) >= 11 is 11.9. The van der Waals surface area contributed by atoms with E-state index < -0.39 is 0 Å². The Morgan fingerprint density at radius 2 is 1.72 bits per heavy atom. The summed E-state index contributed by atoms with van der Waals surface area (Å²) in [6.45, 7) is 4.92. The molecule has 0 aliphatic heterocycles. The highest BCUT2D eigenvalue weighted by atomic mass is 35.5. The lowest BCUT2D eigenvalue weighted by molar-refractivity contribution is 1.14. The number of hydrogen-bond donors (Lipinski definition) is 1. The largest absolute Gasteiger partial charge is 0.381 e. The molecule has 1 N–H and O–H groups in total. The maximum atomic E-state index is 5.99. The van der Waals surface area contributed by atoms with E-state index in [1.165, 1.54) is 11.1 Å². The molecule has 0 spiro atoms. The van der Waals surface area contributed by atoms with E-state index in [-0.39, 0.29) is 0 Å². The van der Waals surface area contributed by atoms with Crippen molar-refractivity contribution >= 4 is 28.9 Å². The Kier molecular flexibility index (Phi) is 4.15. The standard InChI is InChI=1S/C15H15Cl2N/c1-10-3-4-11(2)15(7-10)18-9-12-5-6-13(16)14(17)8-12/h3-8,18H,9H2,1-2H3. The van der Waals surface area contributed by atoms with Crippen LogP contribution in [0.25, 0.3) is 0 Å². The van der Waals surface area contributed by atoms with E-state index in [1.807, 2.05) is 18.2 Å². The predicted octanol–water partition coefficient (Wildman–Crippen LogP) is 5.22. The van der Waals surface area contributed by atoms with Gasteiger partial charge in [-0.1, -0.05) is 41.4 Å². The van der Waals surface area contributed by atoms with Crippen LogP contribution in [-0.4, -0.2) is 0 Å². The van der Waals surface area contributed by atoms with Gasteiger partial charge in [-0.25, -0.2) is 0 Å². The summed E-state index contributed by atoms with van der Waals surface area (Å²) in [5.41, 5.74) is 4.75. The lowest BCUT2D eigenvalue weighted by atomic mass is 10.1. The van der Waals surface area contributed by atoms with Crippen molar-refractivity contribution < 1.29 is 0 Å². The highest BCUT2D eigenvalue weighted by Crippen LogP contribution is 2.23. The van der Waals surface area contributed by atoms with Crippen LogP contribution >= 0.6 is 23.2 Å². The maximum absolute atomic E-state index is 5.99. The first-order valence-electron chi connectivity index (χ1n) is 5.81. The fraction of sp³-hybridized carbons (Fsp3) is 0.200. The number of rotatable bonds is 3. The van der Waals surface area contributed by atoms with Crippen LogP contribution in [0, 0.1) is 13.8 Å². The molecule has 2 aromatic carbocycles. The van der Waals surface area contributed by atoms with Crippen LogP contribution in [-0.2, 0) is 6.54 Å². The smallest absolute Gasteiger partial charge is 0.0595 e. The Balaban J connectivity index is 2.11. The van der Waals surface area contributed by atoms with E-state index in [0.717, 1.165) is 17.8 Å². The van der Waals surface area contributed by atoms with Crippen molar-refractivity contribution in [1.29, 1.82) is 0 Å². The van der Waals surface area contributed by atoms with Crippen molar-refractivity contribution in [3.05, 3.63) is 63.1 Å². The zero-order valence-electron chi connectivity index (χ0n) is 10.4. The third-order valence-corrected chi connectivity index (χ3v) is 3.60. The van der Waals surface area contributed by atoms with Gasteiger partial charge in [0, 0.05) is 12.2 Å². The van der Waals surface area contributed by atoms with Crippen molar-refractivity contribution in [1.82, 2.24) is 0 Å². The minimum Gasteiger partial charge on any atom is -0.381 e. The average Bonchev–Trinajstić information content (AvgIpc) is 2.34. The highest BCUT2D eigenvalue weighted by molar-refractivity contribution is 6.42. The quantitative estimate of drug-likeness (QED) is 0.812. The van der Waals surface area contributed by atoms with E-state index >= 15 is 0 Å². The molecule has 0 heterocycles. The van der Waals surface area contributed by atoms with Gasteiger partial charge in [-0.15, -0.1) is 0 Å². The van der Waals surface area contributed by atoms with Gasteiger partial charge in [-0.3, -0.25) is 0 Å². The van der Waals surface area contributed by atoms with Crippen LogP contribution in [0.2, 0.25) is 10.0 Å². The van der Waals surface area contributed by atoms with Gasteiger partial charge in [0.15, 0.2) is 0 Å². The minimum atomic E-state index is 0.590. The molecule has 0 bridgehead atoms. The van der Waals surface area contributed by atoms with Gasteiger partial charge in [0.1, 0.15) is 0 Å². The van der Waals surface area contributed by atoms with Crippen molar-refractivity contribution in [2.45, 2.75) is 20.4 Å². The third kappa shape index (κ3) is 3.18. The molecule has 94 valence electrons. The Hall–Kier alpha value is -1.18. The predicted molar refractivity (Wildman–Crippen MR) is 79.7 cm³/mol. The molecule has 0 aromatic heterocycles. The van der Waals surface area contributed by atoms with Gasteiger partial charge in [0.05, 0.1) is 10.0 Å². The van der Waals surface area contributed by atoms with Gasteiger partial charge in [0.2, 0.25) is 0 Å². The van der Waals surface area contributed by atoms with Crippen molar-refractivity contribution in [2.75, 3.05) is 5.32 Å². The molecule has 0 fully saturated rings. The molecular weight excluding hydrogens is 265 g/mol. The molecule has 0 amide bonds. The van der Waals surface area contributed by atoms with Crippen LogP contribution < -0.4 is 5.32 Å². The minimum absolute atomic E-state index is 0.590.